The van der Waals surface area contributed by atoms with Crippen molar-refractivity contribution in [3.05, 3.63) is 0 Å². The Bertz CT molecular complexity index is 95.1. The maximum absolute atomic E-state index is 8.78. The fourth-order valence-electron chi connectivity index (χ4n) is 1.62. The second-order valence-electron chi connectivity index (χ2n) is 2.99. The van der Waals surface area contributed by atoms with Gasteiger partial charge in [0.25, 0.3) is 0 Å². The van der Waals surface area contributed by atoms with Crippen molar-refractivity contribution in [1.29, 1.82) is 0 Å². The molecule has 0 spiro atoms. The van der Waals surface area contributed by atoms with Gasteiger partial charge in [-0.3, -0.25) is 0 Å². The van der Waals surface area contributed by atoms with Crippen LogP contribution in [0.5, 0.6) is 0 Å². The van der Waals surface area contributed by atoms with Crippen LogP contribution in [0.15, 0.2) is 0 Å². The Hall–Kier alpha value is -0.0151. The summed E-state index contributed by atoms with van der Waals surface area (Å²) in [5.74, 6) is 0.648. The highest BCUT2D eigenvalue weighted by molar-refractivity contribution is 6.43. The van der Waals surface area contributed by atoms with E-state index in [1.54, 1.807) is 0 Å². The average molecular weight is 128 g/mol. The van der Waals surface area contributed by atoms with Gasteiger partial charge in [-0.1, -0.05) is 26.2 Å². The standard InChI is InChI=1S/C6H13BO2/c1-5-3-2-4-6(5)7(8)9/h5-6,8-9H,2-4H2,1H3/t5-,6-/m0/s1. The van der Waals surface area contributed by atoms with E-state index < -0.39 is 7.12 Å². The summed E-state index contributed by atoms with van der Waals surface area (Å²) in [6.45, 7) is 2.08. The van der Waals surface area contributed by atoms with Gasteiger partial charge in [0.05, 0.1) is 0 Å². The van der Waals surface area contributed by atoms with Crippen LogP contribution >= 0.6 is 0 Å². The molecule has 1 aliphatic carbocycles. The number of hydrogen-bond donors (Lipinski definition) is 2. The lowest BCUT2D eigenvalue weighted by atomic mass is 9.68. The molecular formula is C6H13BO2. The van der Waals surface area contributed by atoms with E-state index in [9.17, 15) is 0 Å². The molecule has 9 heavy (non-hydrogen) atoms. The van der Waals surface area contributed by atoms with Gasteiger partial charge in [-0.25, -0.2) is 0 Å². The van der Waals surface area contributed by atoms with Gasteiger partial charge in [0.2, 0.25) is 0 Å². The van der Waals surface area contributed by atoms with Crippen molar-refractivity contribution in [2.75, 3.05) is 0 Å². The Kier molecular flexibility index (Phi) is 2.14. The Morgan fingerprint density at radius 1 is 1.33 bits per heavy atom. The molecule has 0 unspecified atom stereocenters. The zero-order valence-corrected chi connectivity index (χ0v) is 5.75. The van der Waals surface area contributed by atoms with Crippen LogP contribution in [0.25, 0.3) is 0 Å². The maximum Gasteiger partial charge on any atom is 0.455 e. The lowest BCUT2D eigenvalue weighted by Crippen LogP contribution is -2.21. The van der Waals surface area contributed by atoms with E-state index in [1.807, 2.05) is 0 Å². The molecule has 3 heteroatoms. The first-order valence-electron chi connectivity index (χ1n) is 3.58. The summed E-state index contributed by atoms with van der Waals surface area (Å²) in [5.41, 5.74) is 0. The lowest BCUT2D eigenvalue weighted by Gasteiger charge is -2.12. The molecule has 0 aromatic rings. The van der Waals surface area contributed by atoms with Crippen LogP contribution in [0.4, 0.5) is 0 Å². The predicted molar refractivity (Wildman–Crippen MR) is 37.0 cm³/mol. The number of rotatable bonds is 1. The van der Waals surface area contributed by atoms with Crippen LogP contribution in [0.2, 0.25) is 5.82 Å². The predicted octanol–water partition coefficient (Wildman–Crippen LogP) is 0.649. The molecule has 1 rings (SSSR count). The Labute approximate surface area is 56.0 Å². The van der Waals surface area contributed by atoms with Gasteiger partial charge >= 0.3 is 7.12 Å². The SMILES string of the molecule is C[C@H]1CCC[C@@H]1B(O)O. The third kappa shape index (κ3) is 1.46. The van der Waals surface area contributed by atoms with Crippen molar-refractivity contribution in [2.45, 2.75) is 32.0 Å². The van der Waals surface area contributed by atoms with E-state index in [4.69, 9.17) is 10.0 Å². The van der Waals surface area contributed by atoms with Crippen molar-refractivity contribution < 1.29 is 10.0 Å². The van der Waals surface area contributed by atoms with Gasteiger partial charge in [-0.05, 0) is 11.7 Å². The Balaban J connectivity index is 2.40. The maximum atomic E-state index is 8.78. The minimum absolute atomic E-state index is 0.144. The van der Waals surface area contributed by atoms with Crippen LogP contribution in [0.1, 0.15) is 26.2 Å². The quantitative estimate of drug-likeness (QED) is 0.509. The molecule has 0 bridgehead atoms. The molecule has 0 heterocycles. The van der Waals surface area contributed by atoms with Crippen molar-refractivity contribution in [3.63, 3.8) is 0 Å². The van der Waals surface area contributed by atoms with Crippen LogP contribution in [0.3, 0.4) is 0 Å². The molecule has 52 valence electrons. The summed E-state index contributed by atoms with van der Waals surface area (Å²) in [6, 6.07) is 0. The van der Waals surface area contributed by atoms with Gasteiger partial charge < -0.3 is 10.0 Å². The first-order chi connectivity index (χ1) is 4.22. The molecule has 0 aromatic heterocycles. The zero-order chi connectivity index (χ0) is 6.85. The second kappa shape index (κ2) is 2.71. The van der Waals surface area contributed by atoms with Crippen molar-refractivity contribution in [1.82, 2.24) is 0 Å². The molecule has 2 atom stereocenters. The van der Waals surface area contributed by atoms with Crippen molar-refractivity contribution >= 4 is 7.12 Å². The fourth-order valence-corrected chi connectivity index (χ4v) is 1.62. The molecule has 2 N–H and O–H groups in total. The van der Waals surface area contributed by atoms with Crippen molar-refractivity contribution in [2.24, 2.45) is 5.92 Å². The van der Waals surface area contributed by atoms with Crippen LogP contribution in [0, 0.1) is 5.92 Å². The van der Waals surface area contributed by atoms with E-state index in [2.05, 4.69) is 6.92 Å². The molecule has 0 saturated heterocycles. The summed E-state index contributed by atoms with van der Waals surface area (Å²) >= 11 is 0. The molecule has 1 fully saturated rings. The molecule has 0 aliphatic heterocycles. The first kappa shape index (κ1) is 7.10. The van der Waals surface area contributed by atoms with E-state index in [-0.39, 0.29) is 5.82 Å². The normalized spacial score (nSPS) is 35.0. The summed E-state index contributed by atoms with van der Waals surface area (Å²) < 4.78 is 0. The lowest BCUT2D eigenvalue weighted by molar-refractivity contribution is 0.367. The van der Waals surface area contributed by atoms with E-state index in [0.717, 1.165) is 19.3 Å². The molecule has 2 nitrogen and oxygen atoms in total. The molecule has 0 amide bonds. The highest BCUT2D eigenvalue weighted by atomic mass is 16.4. The Morgan fingerprint density at radius 2 is 2.00 bits per heavy atom. The summed E-state index contributed by atoms with van der Waals surface area (Å²) in [5, 5.41) is 17.6. The highest BCUT2D eigenvalue weighted by Crippen LogP contribution is 2.36. The molecule has 1 saturated carbocycles. The largest absolute Gasteiger partial charge is 0.455 e. The van der Waals surface area contributed by atoms with Gasteiger partial charge in [0, 0.05) is 0 Å². The first-order valence-corrected chi connectivity index (χ1v) is 3.58. The minimum Gasteiger partial charge on any atom is -0.427 e. The van der Waals surface area contributed by atoms with E-state index >= 15 is 0 Å². The van der Waals surface area contributed by atoms with Crippen LogP contribution in [-0.2, 0) is 0 Å². The molecular weight excluding hydrogens is 115 g/mol. The topological polar surface area (TPSA) is 40.5 Å². The average Bonchev–Trinajstić information content (AvgIpc) is 2.13. The summed E-state index contributed by atoms with van der Waals surface area (Å²) in [7, 11) is -1.08. The monoisotopic (exact) mass is 128 g/mol. The molecule has 0 aromatic carbocycles. The van der Waals surface area contributed by atoms with Gasteiger partial charge in [0.1, 0.15) is 0 Å². The smallest absolute Gasteiger partial charge is 0.427 e. The molecule has 1 aliphatic rings. The van der Waals surface area contributed by atoms with Gasteiger partial charge in [0.15, 0.2) is 0 Å². The van der Waals surface area contributed by atoms with Gasteiger partial charge in [-0.15, -0.1) is 0 Å². The van der Waals surface area contributed by atoms with Crippen LogP contribution < -0.4 is 0 Å². The zero-order valence-electron chi connectivity index (χ0n) is 5.75. The van der Waals surface area contributed by atoms with E-state index in [0.29, 0.717) is 5.92 Å². The number of hydrogen-bond acceptors (Lipinski definition) is 2. The van der Waals surface area contributed by atoms with Crippen LogP contribution in [-0.4, -0.2) is 17.2 Å². The second-order valence-corrected chi connectivity index (χ2v) is 2.99. The summed E-state index contributed by atoms with van der Waals surface area (Å²) in [4.78, 5) is 0. The fraction of sp³-hybridized carbons (Fsp3) is 1.00. The highest BCUT2D eigenvalue weighted by Gasteiger charge is 2.32. The summed E-state index contributed by atoms with van der Waals surface area (Å²) in [6.07, 6.45) is 3.30. The van der Waals surface area contributed by atoms with Crippen molar-refractivity contribution in [3.8, 4) is 0 Å². The third-order valence-corrected chi connectivity index (χ3v) is 2.31. The Morgan fingerprint density at radius 3 is 2.22 bits per heavy atom. The van der Waals surface area contributed by atoms with E-state index in [1.165, 1.54) is 0 Å². The minimum atomic E-state index is -1.08. The third-order valence-electron chi connectivity index (χ3n) is 2.31. The van der Waals surface area contributed by atoms with Gasteiger partial charge in [-0.2, -0.15) is 0 Å². The molecule has 0 radical (unpaired) electrons.